The summed E-state index contributed by atoms with van der Waals surface area (Å²) in [6.07, 6.45) is 0.523. The number of amides is 3. The smallest absolute Gasteiger partial charge is 0.316 e. The highest BCUT2D eigenvalue weighted by atomic mass is 16.5. The SMILES string of the molecule is O=C(Oc1ccc(N2C(=O)CCC2=O)cc1)[C@@H]1CC(=O)N(c2ccccc2)C1. The Morgan fingerprint density at radius 1 is 0.821 bits per heavy atom. The van der Waals surface area contributed by atoms with E-state index >= 15 is 0 Å². The molecule has 0 aliphatic carbocycles. The number of benzene rings is 2. The fraction of sp³-hybridized carbons (Fsp3) is 0.238. The first kappa shape index (κ1) is 17.9. The van der Waals surface area contributed by atoms with Gasteiger partial charge in [0.2, 0.25) is 17.7 Å². The minimum atomic E-state index is -0.547. The van der Waals surface area contributed by atoms with E-state index in [1.165, 1.54) is 12.1 Å². The van der Waals surface area contributed by atoms with E-state index in [0.717, 1.165) is 10.6 Å². The molecule has 0 saturated carbocycles. The van der Waals surface area contributed by atoms with Crippen molar-refractivity contribution in [2.24, 2.45) is 5.92 Å². The van der Waals surface area contributed by atoms with Gasteiger partial charge in [0.1, 0.15) is 5.75 Å². The second-order valence-corrected chi connectivity index (χ2v) is 6.78. The predicted octanol–water partition coefficient (Wildman–Crippen LogP) is 2.30. The Balaban J connectivity index is 1.41. The van der Waals surface area contributed by atoms with E-state index < -0.39 is 11.9 Å². The third kappa shape index (κ3) is 3.38. The Morgan fingerprint density at radius 2 is 1.46 bits per heavy atom. The molecule has 4 rings (SSSR count). The summed E-state index contributed by atoms with van der Waals surface area (Å²) in [5.74, 6) is -1.31. The zero-order valence-corrected chi connectivity index (χ0v) is 15.0. The van der Waals surface area contributed by atoms with Gasteiger partial charge in [0.25, 0.3) is 0 Å². The van der Waals surface area contributed by atoms with Gasteiger partial charge >= 0.3 is 5.97 Å². The minimum absolute atomic E-state index is 0.0998. The normalized spacial score (nSPS) is 19.4. The average Bonchev–Trinajstić information content (AvgIpc) is 3.25. The first-order valence-corrected chi connectivity index (χ1v) is 9.06. The number of carbonyl (C=O) groups is 4. The molecule has 7 nitrogen and oxygen atoms in total. The van der Waals surface area contributed by atoms with Crippen LogP contribution in [0.1, 0.15) is 19.3 Å². The molecule has 28 heavy (non-hydrogen) atoms. The fourth-order valence-electron chi connectivity index (χ4n) is 3.45. The van der Waals surface area contributed by atoms with Crippen molar-refractivity contribution in [3.63, 3.8) is 0 Å². The minimum Gasteiger partial charge on any atom is -0.426 e. The second-order valence-electron chi connectivity index (χ2n) is 6.78. The maximum absolute atomic E-state index is 12.5. The molecule has 2 saturated heterocycles. The maximum Gasteiger partial charge on any atom is 0.316 e. The summed E-state index contributed by atoms with van der Waals surface area (Å²) >= 11 is 0. The van der Waals surface area contributed by atoms with Gasteiger partial charge in [0, 0.05) is 31.5 Å². The molecule has 2 aromatic rings. The predicted molar refractivity (Wildman–Crippen MR) is 101 cm³/mol. The molecular formula is C21H18N2O5. The largest absolute Gasteiger partial charge is 0.426 e. The van der Waals surface area contributed by atoms with Crippen LogP contribution in [0.25, 0.3) is 0 Å². The van der Waals surface area contributed by atoms with Crippen LogP contribution in [0.15, 0.2) is 54.6 Å². The van der Waals surface area contributed by atoms with Crippen LogP contribution < -0.4 is 14.5 Å². The van der Waals surface area contributed by atoms with Gasteiger partial charge in [0.15, 0.2) is 0 Å². The summed E-state index contributed by atoms with van der Waals surface area (Å²) in [6, 6.07) is 15.4. The van der Waals surface area contributed by atoms with Crippen LogP contribution in [0.3, 0.4) is 0 Å². The first-order chi connectivity index (χ1) is 13.5. The molecule has 142 valence electrons. The number of nitrogens with zero attached hydrogens (tertiary/aromatic N) is 2. The van der Waals surface area contributed by atoms with Gasteiger partial charge in [-0.25, -0.2) is 0 Å². The molecule has 2 aliphatic rings. The van der Waals surface area contributed by atoms with Gasteiger partial charge in [-0.3, -0.25) is 24.1 Å². The van der Waals surface area contributed by atoms with Crippen LogP contribution in [0.5, 0.6) is 5.75 Å². The van der Waals surface area contributed by atoms with Gasteiger partial charge in [-0.15, -0.1) is 0 Å². The summed E-state index contributed by atoms with van der Waals surface area (Å²) < 4.78 is 5.40. The lowest BCUT2D eigenvalue weighted by Crippen LogP contribution is -2.28. The molecule has 2 aliphatic heterocycles. The molecule has 0 spiro atoms. The van der Waals surface area contributed by atoms with Crippen LogP contribution in [-0.2, 0) is 19.2 Å². The fourth-order valence-corrected chi connectivity index (χ4v) is 3.45. The molecule has 2 aromatic carbocycles. The number of hydrogen-bond acceptors (Lipinski definition) is 5. The van der Waals surface area contributed by atoms with Crippen LogP contribution >= 0.6 is 0 Å². The zero-order valence-electron chi connectivity index (χ0n) is 15.0. The van der Waals surface area contributed by atoms with Crippen molar-refractivity contribution in [2.45, 2.75) is 19.3 Å². The standard InChI is InChI=1S/C21H18N2O5/c24-18-10-11-19(25)23(18)16-6-8-17(9-7-16)28-21(27)14-12-20(26)22(13-14)15-4-2-1-3-5-15/h1-9,14H,10-13H2/t14-/m1/s1. The molecule has 3 amide bonds. The summed E-state index contributed by atoms with van der Waals surface area (Å²) in [4.78, 5) is 51.0. The van der Waals surface area contributed by atoms with Crippen molar-refractivity contribution in [3.8, 4) is 5.75 Å². The van der Waals surface area contributed by atoms with E-state index in [4.69, 9.17) is 4.74 Å². The van der Waals surface area contributed by atoms with Crippen LogP contribution in [0.2, 0.25) is 0 Å². The van der Waals surface area contributed by atoms with E-state index in [1.54, 1.807) is 17.0 Å². The number of anilines is 2. The van der Waals surface area contributed by atoms with Gasteiger partial charge < -0.3 is 9.64 Å². The summed E-state index contributed by atoms with van der Waals surface area (Å²) in [5.41, 5.74) is 1.21. The Kier molecular flexibility index (Phi) is 4.65. The number of hydrogen-bond donors (Lipinski definition) is 0. The lowest BCUT2D eigenvalue weighted by molar-refractivity contribution is -0.139. The quantitative estimate of drug-likeness (QED) is 0.463. The molecule has 0 unspecified atom stereocenters. The Bertz CT molecular complexity index is 923. The molecule has 0 bridgehead atoms. The number of carbonyl (C=O) groups excluding carboxylic acids is 4. The van der Waals surface area contributed by atoms with Gasteiger partial charge in [-0.2, -0.15) is 0 Å². The van der Waals surface area contributed by atoms with Crippen molar-refractivity contribution < 1.29 is 23.9 Å². The lowest BCUT2D eigenvalue weighted by Gasteiger charge is -2.16. The van der Waals surface area contributed by atoms with E-state index in [2.05, 4.69) is 0 Å². The molecular weight excluding hydrogens is 360 g/mol. The highest BCUT2D eigenvalue weighted by Gasteiger charge is 2.36. The monoisotopic (exact) mass is 378 g/mol. The number of esters is 1. The highest BCUT2D eigenvalue weighted by Crippen LogP contribution is 2.28. The van der Waals surface area contributed by atoms with E-state index in [1.807, 2.05) is 30.3 Å². The number of rotatable bonds is 4. The molecule has 2 heterocycles. The van der Waals surface area contributed by atoms with Crippen LogP contribution in [-0.4, -0.2) is 30.2 Å². The van der Waals surface area contributed by atoms with Gasteiger partial charge in [0.05, 0.1) is 11.6 Å². The lowest BCUT2D eigenvalue weighted by atomic mass is 10.1. The van der Waals surface area contributed by atoms with Crippen molar-refractivity contribution in [2.75, 3.05) is 16.3 Å². The molecule has 7 heteroatoms. The second kappa shape index (κ2) is 7.26. The van der Waals surface area contributed by atoms with Crippen molar-refractivity contribution in [1.82, 2.24) is 0 Å². The Labute approximate surface area is 161 Å². The van der Waals surface area contributed by atoms with E-state index in [9.17, 15) is 19.2 Å². The van der Waals surface area contributed by atoms with E-state index in [-0.39, 0.29) is 43.5 Å². The summed E-state index contributed by atoms with van der Waals surface area (Å²) in [5, 5.41) is 0. The van der Waals surface area contributed by atoms with Crippen molar-refractivity contribution in [3.05, 3.63) is 54.6 Å². The number of ether oxygens (including phenoxy) is 1. The third-order valence-corrected chi connectivity index (χ3v) is 4.89. The topological polar surface area (TPSA) is 84.0 Å². The molecule has 0 radical (unpaired) electrons. The highest BCUT2D eigenvalue weighted by molar-refractivity contribution is 6.19. The molecule has 0 N–H and O–H groups in total. The Morgan fingerprint density at radius 3 is 2.11 bits per heavy atom. The average molecular weight is 378 g/mol. The third-order valence-electron chi connectivity index (χ3n) is 4.89. The van der Waals surface area contributed by atoms with Gasteiger partial charge in [-0.05, 0) is 36.4 Å². The maximum atomic E-state index is 12.5. The molecule has 2 fully saturated rings. The summed E-state index contributed by atoms with van der Waals surface area (Å²) in [7, 11) is 0. The first-order valence-electron chi connectivity index (χ1n) is 9.06. The summed E-state index contributed by atoms with van der Waals surface area (Å²) in [6.45, 7) is 0.274. The van der Waals surface area contributed by atoms with Crippen molar-refractivity contribution in [1.29, 1.82) is 0 Å². The number of imide groups is 1. The Hall–Kier alpha value is -3.48. The van der Waals surface area contributed by atoms with Crippen LogP contribution in [0.4, 0.5) is 11.4 Å². The zero-order chi connectivity index (χ0) is 19.7. The van der Waals surface area contributed by atoms with Crippen molar-refractivity contribution >= 4 is 35.1 Å². The van der Waals surface area contributed by atoms with Crippen LogP contribution in [0, 0.1) is 5.92 Å². The molecule has 1 atom stereocenters. The van der Waals surface area contributed by atoms with Gasteiger partial charge in [-0.1, -0.05) is 18.2 Å². The van der Waals surface area contributed by atoms with E-state index in [0.29, 0.717) is 11.4 Å². The molecule has 0 aromatic heterocycles. The number of para-hydroxylation sites is 1.